The number of piperidine rings is 1. The van der Waals surface area contributed by atoms with Crippen LogP contribution in [-0.2, 0) is 4.74 Å². The van der Waals surface area contributed by atoms with Crippen LogP contribution in [0.4, 0.5) is 4.39 Å². The standard InChI is InChI=1S/C11H21FN2O/c12-11(3-7-15-8-4-11)9-14-5-1-10(13)2-6-14/h10H,1-9,13H2. The topological polar surface area (TPSA) is 38.5 Å². The molecule has 2 aliphatic heterocycles. The van der Waals surface area contributed by atoms with Crippen LogP contribution < -0.4 is 5.73 Å². The number of nitrogens with zero attached hydrogens (tertiary/aromatic N) is 1. The fourth-order valence-electron chi connectivity index (χ4n) is 2.41. The quantitative estimate of drug-likeness (QED) is 0.746. The number of rotatable bonds is 2. The van der Waals surface area contributed by atoms with Crippen molar-refractivity contribution in [2.24, 2.45) is 5.73 Å². The number of halogens is 1. The monoisotopic (exact) mass is 216 g/mol. The van der Waals surface area contributed by atoms with Crippen molar-refractivity contribution in [3.05, 3.63) is 0 Å². The minimum atomic E-state index is -1.01. The van der Waals surface area contributed by atoms with Gasteiger partial charge < -0.3 is 15.4 Å². The van der Waals surface area contributed by atoms with Gasteiger partial charge in [-0.1, -0.05) is 0 Å². The molecule has 2 rings (SSSR count). The predicted molar refractivity (Wildman–Crippen MR) is 57.5 cm³/mol. The Balaban J connectivity index is 1.80. The summed E-state index contributed by atoms with van der Waals surface area (Å²) in [4.78, 5) is 2.22. The van der Waals surface area contributed by atoms with Gasteiger partial charge in [-0.3, -0.25) is 0 Å². The zero-order chi connectivity index (χ0) is 10.7. The summed E-state index contributed by atoms with van der Waals surface area (Å²) < 4.78 is 19.5. The molecule has 2 N–H and O–H groups in total. The summed E-state index contributed by atoms with van der Waals surface area (Å²) >= 11 is 0. The predicted octanol–water partition coefficient (Wildman–Crippen LogP) is 0.928. The Morgan fingerprint density at radius 2 is 1.87 bits per heavy atom. The van der Waals surface area contributed by atoms with Crippen LogP contribution in [0.1, 0.15) is 25.7 Å². The molecule has 0 aromatic rings. The molecule has 0 aromatic carbocycles. The molecule has 0 amide bonds. The Hall–Kier alpha value is -0.190. The molecule has 0 unspecified atom stereocenters. The van der Waals surface area contributed by atoms with Gasteiger partial charge in [0.25, 0.3) is 0 Å². The molecule has 0 spiro atoms. The molecular weight excluding hydrogens is 195 g/mol. The van der Waals surface area contributed by atoms with Gasteiger partial charge in [0.2, 0.25) is 0 Å². The Kier molecular flexibility index (Phi) is 3.59. The molecule has 3 nitrogen and oxygen atoms in total. The van der Waals surface area contributed by atoms with E-state index in [9.17, 15) is 4.39 Å². The van der Waals surface area contributed by atoms with Gasteiger partial charge in [-0.25, -0.2) is 4.39 Å². The van der Waals surface area contributed by atoms with Crippen LogP contribution in [0, 0.1) is 0 Å². The van der Waals surface area contributed by atoms with Crippen molar-refractivity contribution in [1.82, 2.24) is 4.90 Å². The van der Waals surface area contributed by atoms with Gasteiger partial charge in [0, 0.05) is 38.6 Å². The van der Waals surface area contributed by atoms with Crippen molar-refractivity contribution in [1.29, 1.82) is 0 Å². The van der Waals surface area contributed by atoms with E-state index in [1.54, 1.807) is 0 Å². The molecule has 2 heterocycles. The number of ether oxygens (including phenoxy) is 1. The highest BCUT2D eigenvalue weighted by Crippen LogP contribution is 2.27. The van der Waals surface area contributed by atoms with E-state index in [2.05, 4.69) is 4.90 Å². The van der Waals surface area contributed by atoms with E-state index in [1.807, 2.05) is 0 Å². The Labute approximate surface area is 90.8 Å². The van der Waals surface area contributed by atoms with Crippen molar-refractivity contribution in [2.75, 3.05) is 32.8 Å². The first kappa shape index (κ1) is 11.3. The lowest BCUT2D eigenvalue weighted by Gasteiger charge is -2.37. The molecule has 0 saturated carbocycles. The first-order valence-electron chi connectivity index (χ1n) is 5.93. The van der Waals surface area contributed by atoms with Gasteiger partial charge in [-0.05, 0) is 25.9 Å². The van der Waals surface area contributed by atoms with E-state index in [1.165, 1.54) is 0 Å². The zero-order valence-corrected chi connectivity index (χ0v) is 9.25. The molecule has 0 atom stereocenters. The SMILES string of the molecule is NC1CCN(CC2(F)CCOCC2)CC1. The average Bonchev–Trinajstić information content (AvgIpc) is 2.22. The van der Waals surface area contributed by atoms with E-state index in [4.69, 9.17) is 10.5 Å². The first-order valence-corrected chi connectivity index (χ1v) is 5.93. The van der Waals surface area contributed by atoms with Crippen molar-refractivity contribution in [2.45, 2.75) is 37.4 Å². The third-order valence-electron chi connectivity index (χ3n) is 3.53. The Morgan fingerprint density at radius 3 is 2.47 bits per heavy atom. The van der Waals surface area contributed by atoms with Crippen molar-refractivity contribution < 1.29 is 9.13 Å². The van der Waals surface area contributed by atoms with Crippen LogP contribution >= 0.6 is 0 Å². The van der Waals surface area contributed by atoms with Crippen LogP contribution in [-0.4, -0.2) is 49.5 Å². The summed E-state index contributed by atoms with van der Waals surface area (Å²) in [6.45, 7) is 3.62. The van der Waals surface area contributed by atoms with Gasteiger partial charge in [0.05, 0.1) is 0 Å². The first-order chi connectivity index (χ1) is 7.18. The summed E-state index contributed by atoms with van der Waals surface area (Å²) in [6, 6.07) is 0.325. The minimum absolute atomic E-state index is 0.325. The average molecular weight is 216 g/mol. The van der Waals surface area contributed by atoms with Gasteiger partial charge in [0.1, 0.15) is 5.67 Å². The highest BCUT2D eigenvalue weighted by atomic mass is 19.1. The highest BCUT2D eigenvalue weighted by Gasteiger charge is 2.34. The Morgan fingerprint density at radius 1 is 1.27 bits per heavy atom. The third kappa shape index (κ3) is 3.13. The van der Waals surface area contributed by atoms with Crippen molar-refractivity contribution >= 4 is 0 Å². The molecule has 4 heteroatoms. The summed E-state index contributed by atoms with van der Waals surface area (Å²) in [5.41, 5.74) is 4.81. The Bertz CT molecular complexity index is 199. The van der Waals surface area contributed by atoms with E-state index >= 15 is 0 Å². The molecule has 2 aliphatic rings. The van der Waals surface area contributed by atoms with Crippen LogP contribution in [0.25, 0.3) is 0 Å². The van der Waals surface area contributed by atoms with Crippen LogP contribution in [0.5, 0.6) is 0 Å². The summed E-state index contributed by atoms with van der Waals surface area (Å²) in [6.07, 6.45) is 3.12. The zero-order valence-electron chi connectivity index (χ0n) is 9.25. The lowest BCUT2D eigenvalue weighted by atomic mass is 9.94. The number of hydrogen-bond acceptors (Lipinski definition) is 3. The maximum Gasteiger partial charge on any atom is 0.128 e. The van der Waals surface area contributed by atoms with E-state index in [0.29, 0.717) is 38.6 Å². The van der Waals surface area contributed by atoms with E-state index < -0.39 is 5.67 Å². The molecule has 88 valence electrons. The second-order valence-electron chi connectivity index (χ2n) is 4.88. The second-order valence-corrected chi connectivity index (χ2v) is 4.88. The van der Waals surface area contributed by atoms with Crippen LogP contribution in [0.2, 0.25) is 0 Å². The molecule has 0 aliphatic carbocycles. The normalized spacial score (nSPS) is 29.2. The fraction of sp³-hybridized carbons (Fsp3) is 1.00. The number of hydrogen-bond donors (Lipinski definition) is 1. The fourth-order valence-corrected chi connectivity index (χ4v) is 2.41. The van der Waals surface area contributed by atoms with Gasteiger partial charge in [-0.2, -0.15) is 0 Å². The maximum absolute atomic E-state index is 14.3. The summed E-state index contributed by atoms with van der Waals surface area (Å²) in [5, 5.41) is 0. The third-order valence-corrected chi connectivity index (χ3v) is 3.53. The van der Waals surface area contributed by atoms with Crippen molar-refractivity contribution in [3.8, 4) is 0 Å². The highest BCUT2D eigenvalue weighted by molar-refractivity contribution is 4.87. The molecule has 0 bridgehead atoms. The van der Waals surface area contributed by atoms with Gasteiger partial charge in [0.15, 0.2) is 0 Å². The van der Waals surface area contributed by atoms with Crippen molar-refractivity contribution in [3.63, 3.8) is 0 Å². The second kappa shape index (κ2) is 4.76. The molecule has 0 radical (unpaired) electrons. The smallest absolute Gasteiger partial charge is 0.128 e. The molecule has 15 heavy (non-hydrogen) atoms. The largest absolute Gasteiger partial charge is 0.381 e. The summed E-state index contributed by atoms with van der Waals surface area (Å²) in [5.74, 6) is 0. The number of likely N-dealkylation sites (tertiary alicyclic amines) is 1. The van der Waals surface area contributed by atoms with Crippen LogP contribution in [0.15, 0.2) is 0 Å². The minimum Gasteiger partial charge on any atom is -0.381 e. The molecular formula is C11H21FN2O. The number of alkyl halides is 1. The maximum atomic E-state index is 14.3. The summed E-state index contributed by atoms with van der Waals surface area (Å²) in [7, 11) is 0. The number of nitrogens with two attached hydrogens (primary N) is 1. The lowest BCUT2D eigenvalue weighted by molar-refractivity contribution is -0.0300. The van der Waals surface area contributed by atoms with E-state index in [0.717, 1.165) is 25.9 Å². The lowest BCUT2D eigenvalue weighted by Crippen LogP contribution is -2.48. The molecule has 0 aromatic heterocycles. The van der Waals surface area contributed by atoms with Gasteiger partial charge in [-0.15, -0.1) is 0 Å². The molecule has 2 fully saturated rings. The molecule has 2 saturated heterocycles. The van der Waals surface area contributed by atoms with Crippen LogP contribution in [0.3, 0.4) is 0 Å². The van der Waals surface area contributed by atoms with E-state index in [-0.39, 0.29) is 0 Å². The van der Waals surface area contributed by atoms with Gasteiger partial charge >= 0.3 is 0 Å².